The van der Waals surface area contributed by atoms with Gasteiger partial charge < -0.3 is 15.0 Å². The quantitative estimate of drug-likeness (QED) is 0.614. The monoisotopic (exact) mass is 460 g/mol. The van der Waals surface area contributed by atoms with Gasteiger partial charge in [0.2, 0.25) is 0 Å². The SMILES string of the molecule is CC(C)(C)OC(=O)N1CC[C@H](Nc2nnc(-c3ccc(C(F)(F)F)cn3)c3cccnc23)C1. The zero-order chi connectivity index (χ0) is 23.8. The fourth-order valence-electron chi connectivity index (χ4n) is 3.54. The van der Waals surface area contributed by atoms with Crippen LogP contribution in [0.15, 0.2) is 36.7 Å². The molecule has 0 unspecified atom stereocenters. The topological polar surface area (TPSA) is 93.1 Å². The number of amides is 1. The molecule has 0 aromatic carbocycles. The minimum atomic E-state index is -4.47. The number of carbonyl (C=O) groups excluding carboxylic acids is 1. The van der Waals surface area contributed by atoms with Crippen LogP contribution >= 0.6 is 0 Å². The van der Waals surface area contributed by atoms with Gasteiger partial charge in [-0.25, -0.2) is 4.79 Å². The van der Waals surface area contributed by atoms with E-state index in [1.165, 1.54) is 6.07 Å². The van der Waals surface area contributed by atoms with Crippen molar-refractivity contribution in [2.45, 2.75) is 45.0 Å². The zero-order valence-electron chi connectivity index (χ0n) is 18.3. The molecule has 3 aromatic rings. The van der Waals surface area contributed by atoms with E-state index in [4.69, 9.17) is 4.74 Å². The lowest BCUT2D eigenvalue weighted by Crippen LogP contribution is -2.36. The Hall–Kier alpha value is -3.50. The summed E-state index contributed by atoms with van der Waals surface area (Å²) in [6.45, 7) is 6.43. The first kappa shape index (κ1) is 22.7. The third kappa shape index (κ3) is 5.12. The molecule has 0 bridgehead atoms. The van der Waals surface area contributed by atoms with E-state index >= 15 is 0 Å². The maximum absolute atomic E-state index is 12.9. The van der Waals surface area contributed by atoms with Gasteiger partial charge in [-0.2, -0.15) is 13.2 Å². The number of alkyl halides is 3. The van der Waals surface area contributed by atoms with Crippen molar-refractivity contribution in [2.75, 3.05) is 18.4 Å². The molecule has 1 N–H and O–H groups in total. The molecule has 0 spiro atoms. The Morgan fingerprint density at radius 2 is 1.94 bits per heavy atom. The largest absolute Gasteiger partial charge is 0.444 e. The number of halogens is 3. The highest BCUT2D eigenvalue weighted by Crippen LogP contribution is 2.32. The summed E-state index contributed by atoms with van der Waals surface area (Å²) < 4.78 is 44.0. The van der Waals surface area contributed by atoms with Crippen LogP contribution < -0.4 is 5.32 Å². The molecule has 0 saturated carbocycles. The fourth-order valence-corrected chi connectivity index (χ4v) is 3.54. The summed E-state index contributed by atoms with van der Waals surface area (Å²) in [6, 6.07) is 5.62. The van der Waals surface area contributed by atoms with Crippen molar-refractivity contribution in [3.05, 3.63) is 42.2 Å². The van der Waals surface area contributed by atoms with Gasteiger partial charge in [-0.15, -0.1) is 10.2 Å². The van der Waals surface area contributed by atoms with Gasteiger partial charge in [0.15, 0.2) is 5.82 Å². The summed E-state index contributed by atoms with van der Waals surface area (Å²) >= 11 is 0. The predicted octanol–water partition coefficient (Wildman–Crippen LogP) is 4.53. The number of pyridine rings is 2. The molecule has 1 atom stereocenters. The number of nitrogens with zero attached hydrogens (tertiary/aromatic N) is 5. The second-order valence-corrected chi connectivity index (χ2v) is 8.78. The minimum absolute atomic E-state index is 0.0768. The highest BCUT2D eigenvalue weighted by atomic mass is 19.4. The summed E-state index contributed by atoms with van der Waals surface area (Å²) in [6.07, 6.45) is -1.78. The molecule has 1 amide bonds. The van der Waals surface area contributed by atoms with Crippen LogP contribution in [0, 0.1) is 0 Å². The van der Waals surface area contributed by atoms with Crippen molar-refractivity contribution >= 4 is 22.8 Å². The molecule has 1 saturated heterocycles. The van der Waals surface area contributed by atoms with Gasteiger partial charge in [-0.1, -0.05) is 0 Å². The lowest BCUT2D eigenvalue weighted by atomic mass is 10.1. The molecule has 4 rings (SSSR count). The molecule has 3 aromatic heterocycles. The Morgan fingerprint density at radius 1 is 1.15 bits per heavy atom. The molecule has 174 valence electrons. The van der Waals surface area contributed by atoms with Gasteiger partial charge in [0.25, 0.3) is 0 Å². The molecular weight excluding hydrogens is 437 g/mol. The van der Waals surface area contributed by atoms with E-state index in [2.05, 4.69) is 25.5 Å². The number of anilines is 1. The smallest absolute Gasteiger partial charge is 0.417 e. The number of rotatable bonds is 3. The van der Waals surface area contributed by atoms with Crippen LogP contribution in [0.3, 0.4) is 0 Å². The second kappa shape index (κ2) is 8.45. The van der Waals surface area contributed by atoms with E-state index in [1.54, 1.807) is 23.2 Å². The van der Waals surface area contributed by atoms with Crippen LogP contribution in [0.25, 0.3) is 22.3 Å². The molecule has 1 aliphatic heterocycles. The van der Waals surface area contributed by atoms with Crippen molar-refractivity contribution in [3.8, 4) is 11.4 Å². The third-order valence-electron chi connectivity index (χ3n) is 5.05. The molecule has 0 aliphatic carbocycles. The van der Waals surface area contributed by atoms with E-state index in [1.807, 2.05) is 20.8 Å². The predicted molar refractivity (Wildman–Crippen MR) is 115 cm³/mol. The molecule has 1 fully saturated rings. The number of hydrogen-bond acceptors (Lipinski definition) is 7. The van der Waals surface area contributed by atoms with Gasteiger partial charge in [-0.05, 0) is 51.5 Å². The van der Waals surface area contributed by atoms with Crippen LogP contribution in [0.2, 0.25) is 0 Å². The van der Waals surface area contributed by atoms with Crippen molar-refractivity contribution in [1.82, 2.24) is 25.1 Å². The number of aromatic nitrogens is 4. The normalized spacial score (nSPS) is 16.8. The number of nitrogens with one attached hydrogen (secondary N) is 1. The summed E-state index contributed by atoms with van der Waals surface area (Å²) in [7, 11) is 0. The van der Waals surface area contributed by atoms with Crippen molar-refractivity contribution in [3.63, 3.8) is 0 Å². The van der Waals surface area contributed by atoms with Gasteiger partial charge >= 0.3 is 12.3 Å². The number of carbonyl (C=O) groups is 1. The average molecular weight is 460 g/mol. The summed E-state index contributed by atoms with van der Waals surface area (Å²) in [4.78, 5) is 22.3. The van der Waals surface area contributed by atoms with E-state index in [0.29, 0.717) is 41.9 Å². The standard InChI is InChI=1S/C22H23F3N6O2/c1-21(2,3)33-20(32)31-10-8-14(12-31)28-19-18-15(5-4-9-26-18)17(29-30-19)16-7-6-13(11-27-16)22(23,24)25/h4-7,9,11,14H,8,10,12H2,1-3H3,(H,28,30)/t14-/m0/s1. The fraction of sp³-hybridized carbons (Fsp3) is 0.409. The maximum Gasteiger partial charge on any atom is 0.417 e. The summed E-state index contributed by atoms with van der Waals surface area (Å²) in [5.74, 6) is 0.428. The highest BCUT2D eigenvalue weighted by Gasteiger charge is 2.32. The highest BCUT2D eigenvalue weighted by molar-refractivity contribution is 5.96. The average Bonchev–Trinajstić information content (AvgIpc) is 3.21. The lowest BCUT2D eigenvalue weighted by Gasteiger charge is -2.24. The van der Waals surface area contributed by atoms with Crippen LogP contribution in [0.1, 0.15) is 32.8 Å². The molecule has 4 heterocycles. The van der Waals surface area contributed by atoms with Gasteiger partial charge in [0.1, 0.15) is 16.8 Å². The molecule has 8 nitrogen and oxygen atoms in total. The first-order valence-electron chi connectivity index (χ1n) is 10.4. The number of ether oxygens (including phenoxy) is 1. The number of likely N-dealkylation sites (tertiary alicyclic amines) is 1. The Labute approximate surface area is 188 Å². The second-order valence-electron chi connectivity index (χ2n) is 8.78. The number of fused-ring (bicyclic) bond motifs is 1. The molecule has 11 heteroatoms. The Kier molecular flexibility index (Phi) is 5.81. The Balaban J connectivity index is 1.56. The van der Waals surface area contributed by atoms with Gasteiger partial charge in [-0.3, -0.25) is 9.97 Å². The van der Waals surface area contributed by atoms with Crippen molar-refractivity contribution in [1.29, 1.82) is 0 Å². The maximum atomic E-state index is 12.9. The molecule has 1 aliphatic rings. The van der Waals surface area contributed by atoms with Gasteiger partial charge in [0, 0.05) is 36.9 Å². The van der Waals surface area contributed by atoms with Crippen LogP contribution in [0.5, 0.6) is 0 Å². The molecular formula is C22H23F3N6O2. The Bertz CT molecular complexity index is 1160. The molecule has 0 radical (unpaired) electrons. The Morgan fingerprint density at radius 3 is 2.61 bits per heavy atom. The van der Waals surface area contributed by atoms with E-state index < -0.39 is 17.3 Å². The van der Waals surface area contributed by atoms with Crippen LogP contribution in [-0.4, -0.2) is 55.9 Å². The molecule has 33 heavy (non-hydrogen) atoms. The van der Waals surface area contributed by atoms with Crippen molar-refractivity contribution in [2.24, 2.45) is 0 Å². The van der Waals surface area contributed by atoms with E-state index in [9.17, 15) is 18.0 Å². The zero-order valence-corrected chi connectivity index (χ0v) is 18.3. The van der Waals surface area contributed by atoms with Gasteiger partial charge in [0.05, 0.1) is 11.3 Å². The summed E-state index contributed by atoms with van der Waals surface area (Å²) in [5, 5.41) is 12.3. The van der Waals surface area contributed by atoms with Crippen LogP contribution in [-0.2, 0) is 10.9 Å². The van der Waals surface area contributed by atoms with Crippen LogP contribution in [0.4, 0.5) is 23.8 Å². The number of hydrogen-bond donors (Lipinski definition) is 1. The first-order valence-corrected chi connectivity index (χ1v) is 10.4. The van der Waals surface area contributed by atoms with E-state index in [0.717, 1.165) is 12.3 Å². The third-order valence-corrected chi connectivity index (χ3v) is 5.05. The first-order chi connectivity index (χ1) is 15.5. The minimum Gasteiger partial charge on any atom is -0.444 e. The lowest BCUT2D eigenvalue weighted by molar-refractivity contribution is -0.137. The van der Waals surface area contributed by atoms with E-state index in [-0.39, 0.29) is 17.8 Å². The van der Waals surface area contributed by atoms with Crippen molar-refractivity contribution < 1.29 is 22.7 Å². The summed E-state index contributed by atoms with van der Waals surface area (Å²) in [5.41, 5.74) is -0.303.